The van der Waals surface area contributed by atoms with E-state index in [2.05, 4.69) is 0 Å². The van der Waals surface area contributed by atoms with Gasteiger partial charge in [-0.05, 0) is 19.9 Å². The van der Waals surface area contributed by atoms with Gasteiger partial charge in [0.25, 0.3) is 0 Å². The van der Waals surface area contributed by atoms with Gasteiger partial charge in [0.1, 0.15) is 12.4 Å². The summed E-state index contributed by atoms with van der Waals surface area (Å²) in [5.74, 6) is -5.68. The van der Waals surface area contributed by atoms with Crippen LogP contribution in [0.4, 0.5) is 17.6 Å². The lowest BCUT2D eigenvalue weighted by Crippen LogP contribution is -2.33. The maximum atomic E-state index is 14.9. The van der Waals surface area contributed by atoms with Gasteiger partial charge in [-0.3, -0.25) is 0 Å². The molecule has 1 unspecified atom stereocenters. The van der Waals surface area contributed by atoms with Gasteiger partial charge in [0, 0.05) is 31.1 Å². The number of ether oxygens (including phenoxy) is 2. The van der Waals surface area contributed by atoms with E-state index in [4.69, 9.17) is 9.47 Å². The van der Waals surface area contributed by atoms with Crippen molar-refractivity contribution >= 4 is 11.9 Å². The van der Waals surface area contributed by atoms with Crippen LogP contribution in [0, 0.1) is 5.82 Å². The van der Waals surface area contributed by atoms with Crippen LogP contribution < -0.4 is 0 Å². The minimum atomic E-state index is -4.99. The van der Waals surface area contributed by atoms with E-state index < -0.39 is 46.6 Å². The Morgan fingerprint density at radius 3 is 2.27 bits per heavy atom. The smallest absolute Gasteiger partial charge is 0.419 e. The molecular formula is C20H21F4NO5. The lowest BCUT2D eigenvalue weighted by molar-refractivity contribution is -0.141. The summed E-state index contributed by atoms with van der Waals surface area (Å²) in [6.07, 6.45) is -4.99. The SMILES string of the molecule is COCCOC(=O)C1=C(C)N(C)C(C)=C(C(=O)O)C1c1cccc(C(F)(F)F)c1F. The molecule has 1 heterocycles. The van der Waals surface area contributed by atoms with Crippen LogP contribution in [0.25, 0.3) is 0 Å². The molecule has 1 aliphatic rings. The molecule has 30 heavy (non-hydrogen) atoms. The second-order valence-corrected chi connectivity index (χ2v) is 6.63. The number of methoxy groups -OCH3 is 1. The minimum Gasteiger partial charge on any atom is -0.478 e. The third-order valence-electron chi connectivity index (χ3n) is 4.98. The zero-order chi connectivity index (χ0) is 22.8. The van der Waals surface area contributed by atoms with Gasteiger partial charge in [0.2, 0.25) is 0 Å². The van der Waals surface area contributed by atoms with Crippen LogP contribution in [-0.4, -0.2) is 49.3 Å². The second kappa shape index (κ2) is 8.86. The minimum absolute atomic E-state index is 0.0527. The molecule has 6 nitrogen and oxygen atoms in total. The molecule has 1 atom stereocenters. The van der Waals surface area contributed by atoms with Crippen LogP contribution in [0.3, 0.4) is 0 Å². The van der Waals surface area contributed by atoms with E-state index in [1.165, 1.54) is 32.9 Å². The molecule has 10 heteroatoms. The maximum Gasteiger partial charge on any atom is 0.419 e. The number of benzene rings is 1. The van der Waals surface area contributed by atoms with Crippen molar-refractivity contribution in [3.8, 4) is 0 Å². The molecule has 1 aromatic rings. The number of hydrogen-bond donors (Lipinski definition) is 1. The largest absolute Gasteiger partial charge is 0.478 e. The molecule has 1 aromatic carbocycles. The average Bonchev–Trinajstić information content (AvgIpc) is 2.65. The van der Waals surface area contributed by atoms with Crippen molar-refractivity contribution in [2.45, 2.75) is 25.9 Å². The summed E-state index contributed by atoms with van der Waals surface area (Å²) >= 11 is 0. The highest BCUT2D eigenvalue weighted by Gasteiger charge is 2.43. The standard InChI is InChI=1S/C20H21F4NO5/c1-10-14(18(26)27)16(12-6-5-7-13(17(12)21)20(22,23)24)15(11(2)25(10)3)19(28)30-9-8-29-4/h5-7,16H,8-9H2,1-4H3,(H,26,27). The number of carbonyl (C=O) groups is 2. The van der Waals surface area contributed by atoms with Gasteiger partial charge < -0.3 is 19.5 Å². The monoisotopic (exact) mass is 431 g/mol. The summed E-state index contributed by atoms with van der Waals surface area (Å²) in [5, 5.41) is 9.75. The Kier molecular flexibility index (Phi) is 6.91. The van der Waals surface area contributed by atoms with Crippen molar-refractivity contribution in [3.63, 3.8) is 0 Å². The van der Waals surface area contributed by atoms with Crippen molar-refractivity contribution < 1.29 is 41.7 Å². The number of carboxylic acids is 1. The number of halogens is 4. The van der Waals surface area contributed by atoms with Gasteiger partial charge in [-0.25, -0.2) is 14.0 Å². The number of allylic oxidation sites excluding steroid dienone is 2. The molecule has 0 fully saturated rings. The summed E-state index contributed by atoms with van der Waals surface area (Å²) in [5.41, 5.74) is -2.40. The molecule has 2 rings (SSSR count). The van der Waals surface area contributed by atoms with E-state index in [9.17, 15) is 32.3 Å². The number of rotatable bonds is 6. The highest BCUT2D eigenvalue weighted by Crippen LogP contribution is 2.44. The van der Waals surface area contributed by atoms with Crippen LogP contribution >= 0.6 is 0 Å². The van der Waals surface area contributed by atoms with Crippen LogP contribution in [0.1, 0.15) is 30.9 Å². The predicted molar refractivity (Wildman–Crippen MR) is 97.8 cm³/mol. The lowest BCUT2D eigenvalue weighted by atomic mass is 9.79. The number of hydrogen-bond acceptors (Lipinski definition) is 5. The first kappa shape index (κ1) is 23.4. The van der Waals surface area contributed by atoms with Crippen molar-refractivity contribution in [1.29, 1.82) is 0 Å². The third-order valence-corrected chi connectivity index (χ3v) is 4.98. The van der Waals surface area contributed by atoms with Gasteiger partial charge in [0.05, 0.1) is 29.2 Å². The number of alkyl halides is 3. The summed E-state index contributed by atoms with van der Waals surface area (Å²) in [6.45, 7) is 2.79. The number of nitrogens with zero attached hydrogens (tertiary/aromatic N) is 1. The van der Waals surface area contributed by atoms with E-state index in [1.807, 2.05) is 0 Å². The van der Waals surface area contributed by atoms with E-state index in [0.717, 1.165) is 12.1 Å². The fraction of sp³-hybridized carbons (Fsp3) is 0.400. The van der Waals surface area contributed by atoms with Gasteiger partial charge in [0.15, 0.2) is 0 Å². The molecular weight excluding hydrogens is 410 g/mol. The predicted octanol–water partition coefficient (Wildman–Crippen LogP) is 3.70. The molecule has 0 aliphatic carbocycles. The summed E-state index contributed by atoms with van der Waals surface area (Å²) < 4.78 is 64.5. The highest BCUT2D eigenvalue weighted by molar-refractivity contribution is 5.99. The van der Waals surface area contributed by atoms with E-state index in [0.29, 0.717) is 6.07 Å². The van der Waals surface area contributed by atoms with Gasteiger partial charge in [-0.15, -0.1) is 0 Å². The third kappa shape index (κ3) is 4.33. The Morgan fingerprint density at radius 2 is 1.73 bits per heavy atom. The number of esters is 1. The van der Waals surface area contributed by atoms with Crippen LogP contribution in [0.15, 0.2) is 40.7 Å². The van der Waals surface area contributed by atoms with E-state index in [1.54, 1.807) is 0 Å². The Morgan fingerprint density at radius 1 is 1.13 bits per heavy atom. The zero-order valence-corrected chi connectivity index (χ0v) is 16.8. The summed E-state index contributed by atoms with van der Waals surface area (Å²) in [7, 11) is 2.87. The van der Waals surface area contributed by atoms with Gasteiger partial charge in [-0.2, -0.15) is 13.2 Å². The quantitative estimate of drug-likeness (QED) is 0.421. The first-order valence-corrected chi connectivity index (χ1v) is 8.83. The Hall–Kier alpha value is -2.88. The Bertz CT molecular complexity index is 920. The molecule has 1 N–H and O–H groups in total. The molecule has 0 saturated carbocycles. The molecule has 0 amide bonds. The van der Waals surface area contributed by atoms with Crippen molar-refractivity contribution in [3.05, 3.63) is 57.7 Å². The number of carboxylic acid groups (broad SMARTS) is 1. The van der Waals surface area contributed by atoms with Crippen LogP contribution in [-0.2, 0) is 25.2 Å². The molecule has 0 aromatic heterocycles. The highest BCUT2D eigenvalue weighted by atomic mass is 19.4. The van der Waals surface area contributed by atoms with E-state index >= 15 is 0 Å². The Balaban J connectivity index is 2.75. The van der Waals surface area contributed by atoms with Gasteiger partial charge in [-0.1, -0.05) is 12.1 Å². The summed E-state index contributed by atoms with van der Waals surface area (Å²) in [4.78, 5) is 26.2. The first-order valence-electron chi connectivity index (χ1n) is 8.83. The molecule has 0 spiro atoms. The fourth-order valence-corrected chi connectivity index (χ4v) is 3.32. The molecule has 0 bridgehead atoms. The van der Waals surface area contributed by atoms with Crippen molar-refractivity contribution in [2.24, 2.45) is 0 Å². The van der Waals surface area contributed by atoms with E-state index in [-0.39, 0.29) is 30.2 Å². The topological polar surface area (TPSA) is 76.1 Å². The Labute approximate surface area is 170 Å². The second-order valence-electron chi connectivity index (χ2n) is 6.63. The molecule has 0 radical (unpaired) electrons. The normalized spacial score (nSPS) is 17.5. The fourth-order valence-electron chi connectivity index (χ4n) is 3.32. The molecule has 1 aliphatic heterocycles. The summed E-state index contributed by atoms with van der Waals surface area (Å²) in [6, 6.07) is 2.56. The number of carbonyl (C=O) groups excluding carboxylic acids is 1. The number of aliphatic carboxylic acids is 1. The van der Waals surface area contributed by atoms with Crippen LogP contribution in [0.2, 0.25) is 0 Å². The molecule has 164 valence electrons. The van der Waals surface area contributed by atoms with Crippen molar-refractivity contribution in [1.82, 2.24) is 4.90 Å². The van der Waals surface area contributed by atoms with Crippen molar-refractivity contribution in [2.75, 3.05) is 27.4 Å². The van der Waals surface area contributed by atoms with Gasteiger partial charge >= 0.3 is 18.1 Å². The average molecular weight is 431 g/mol. The maximum absolute atomic E-state index is 14.9. The first-order chi connectivity index (χ1) is 13.9. The zero-order valence-electron chi connectivity index (χ0n) is 16.8. The van der Waals surface area contributed by atoms with Crippen LogP contribution in [0.5, 0.6) is 0 Å². The lowest BCUT2D eigenvalue weighted by Gasteiger charge is -2.35. The molecule has 0 saturated heterocycles.